The summed E-state index contributed by atoms with van der Waals surface area (Å²) >= 11 is 1.61. The lowest BCUT2D eigenvalue weighted by Gasteiger charge is -2.43. The molecule has 2 aromatic heterocycles. The Morgan fingerprint density at radius 3 is 2.51 bits per heavy atom. The number of hydrogen-bond acceptors (Lipinski definition) is 9. The second kappa shape index (κ2) is 11.5. The zero-order valence-corrected chi connectivity index (χ0v) is 25.2. The fraction of sp³-hybridized carbons (Fsp3) is 0.438. The van der Waals surface area contributed by atoms with E-state index in [2.05, 4.69) is 50.9 Å². The highest BCUT2D eigenvalue weighted by molar-refractivity contribution is 7.17. The van der Waals surface area contributed by atoms with E-state index in [9.17, 15) is 5.11 Å². The summed E-state index contributed by atoms with van der Waals surface area (Å²) in [7, 11) is 0. The Hall–Kier alpha value is -3.40. The van der Waals surface area contributed by atoms with Crippen molar-refractivity contribution < 1.29 is 9.84 Å². The lowest BCUT2D eigenvalue weighted by atomic mass is 9.98. The Morgan fingerprint density at radius 2 is 1.80 bits per heavy atom. The van der Waals surface area contributed by atoms with Crippen LogP contribution in [0.3, 0.4) is 0 Å². The molecule has 2 saturated heterocycles. The number of aryl methyl sites for hydroxylation is 1. The Balaban J connectivity index is 1.25. The molecule has 9 heteroatoms. The number of piperidine rings is 1. The molecule has 0 spiro atoms. The quantitative estimate of drug-likeness (QED) is 0.202. The topological polar surface area (TPSA) is 85.8 Å². The van der Waals surface area contributed by atoms with Gasteiger partial charge in [0.15, 0.2) is 0 Å². The molecule has 0 unspecified atom stereocenters. The van der Waals surface area contributed by atoms with Gasteiger partial charge in [0.2, 0.25) is 5.95 Å². The van der Waals surface area contributed by atoms with Crippen LogP contribution in [0.4, 0.5) is 28.8 Å². The molecule has 2 fully saturated rings. The van der Waals surface area contributed by atoms with E-state index >= 15 is 0 Å². The van der Waals surface area contributed by atoms with Gasteiger partial charge in [0, 0.05) is 36.6 Å². The van der Waals surface area contributed by atoms with E-state index < -0.39 is 5.60 Å². The van der Waals surface area contributed by atoms with Crippen molar-refractivity contribution in [3.05, 3.63) is 59.0 Å². The molecule has 0 bridgehead atoms. The van der Waals surface area contributed by atoms with Crippen molar-refractivity contribution in [2.24, 2.45) is 0 Å². The molecule has 6 rings (SSSR count). The van der Waals surface area contributed by atoms with E-state index in [0.29, 0.717) is 12.6 Å². The summed E-state index contributed by atoms with van der Waals surface area (Å²) in [6.07, 6.45) is 3.75. The van der Waals surface area contributed by atoms with Crippen LogP contribution in [0.2, 0.25) is 0 Å². The van der Waals surface area contributed by atoms with Crippen molar-refractivity contribution >= 4 is 50.4 Å². The number of likely N-dealkylation sites (tertiary alicyclic amines) is 1. The zero-order chi connectivity index (χ0) is 28.6. The maximum atomic E-state index is 10.5. The molecule has 0 aliphatic carbocycles. The van der Waals surface area contributed by atoms with Crippen molar-refractivity contribution in [1.29, 1.82) is 0 Å². The third kappa shape index (κ3) is 5.98. The number of nitrogens with zero attached hydrogens (tertiary/aromatic N) is 4. The standard InChI is InChI=1S/C32H40N6O2S/c1-5-40-27-19-24(10-11-26(27)38-16-12-25(13-17-38)37-14-7-15-37)34-31-35-29(28-21(2)20-41-30(28)36-31)33-23-9-6-8-22(18-23)32(3,4)39/h6,8-11,18-20,25,39H,5,7,12-17H2,1-4H3,(H2,33,34,35,36). The van der Waals surface area contributed by atoms with Gasteiger partial charge >= 0.3 is 0 Å². The lowest BCUT2D eigenvalue weighted by molar-refractivity contribution is 0.0786. The Kier molecular flexibility index (Phi) is 7.76. The fourth-order valence-corrected chi connectivity index (χ4v) is 6.70. The van der Waals surface area contributed by atoms with Crippen molar-refractivity contribution in [3.63, 3.8) is 0 Å². The van der Waals surface area contributed by atoms with Crippen molar-refractivity contribution in [1.82, 2.24) is 14.9 Å². The van der Waals surface area contributed by atoms with Crippen LogP contribution in [0.25, 0.3) is 10.2 Å². The van der Waals surface area contributed by atoms with Crippen LogP contribution in [0.5, 0.6) is 5.75 Å². The Morgan fingerprint density at radius 1 is 1.02 bits per heavy atom. The van der Waals surface area contributed by atoms with Gasteiger partial charge in [-0.3, -0.25) is 0 Å². The molecule has 2 aliphatic heterocycles. The number of rotatable bonds is 9. The van der Waals surface area contributed by atoms with Gasteiger partial charge in [-0.25, -0.2) is 4.98 Å². The molecule has 4 aromatic rings. The Labute approximate surface area is 246 Å². The summed E-state index contributed by atoms with van der Waals surface area (Å²) in [5, 5.41) is 20.5. The van der Waals surface area contributed by atoms with Crippen molar-refractivity contribution in [2.45, 2.75) is 58.6 Å². The average molecular weight is 573 g/mol. The second-order valence-electron chi connectivity index (χ2n) is 11.6. The summed E-state index contributed by atoms with van der Waals surface area (Å²) < 4.78 is 6.13. The molecule has 0 amide bonds. The van der Waals surface area contributed by atoms with Crippen LogP contribution in [0.15, 0.2) is 47.8 Å². The predicted octanol–water partition coefficient (Wildman–Crippen LogP) is 6.79. The van der Waals surface area contributed by atoms with Crippen molar-refractivity contribution in [3.8, 4) is 5.75 Å². The van der Waals surface area contributed by atoms with Gasteiger partial charge in [-0.2, -0.15) is 4.98 Å². The number of fused-ring (bicyclic) bond motifs is 1. The molecule has 2 aromatic carbocycles. The minimum atomic E-state index is -0.932. The predicted molar refractivity (Wildman–Crippen MR) is 169 cm³/mol. The maximum Gasteiger partial charge on any atom is 0.230 e. The average Bonchev–Trinajstić information content (AvgIpc) is 3.29. The first-order valence-electron chi connectivity index (χ1n) is 14.7. The molecule has 4 heterocycles. The monoisotopic (exact) mass is 572 g/mol. The van der Waals surface area contributed by atoms with Gasteiger partial charge in [0.25, 0.3) is 0 Å². The maximum absolute atomic E-state index is 10.5. The van der Waals surface area contributed by atoms with E-state index in [0.717, 1.165) is 69.1 Å². The number of aliphatic hydroxyl groups is 1. The van der Waals surface area contributed by atoms with Crippen LogP contribution in [-0.2, 0) is 5.60 Å². The molecule has 0 atom stereocenters. The molecule has 8 nitrogen and oxygen atoms in total. The molecule has 0 radical (unpaired) electrons. The molecule has 41 heavy (non-hydrogen) atoms. The lowest BCUT2D eigenvalue weighted by Crippen LogP contribution is -2.50. The van der Waals surface area contributed by atoms with E-state index in [1.807, 2.05) is 31.2 Å². The first kappa shape index (κ1) is 27.8. The third-order valence-electron chi connectivity index (χ3n) is 8.18. The molecule has 216 valence electrons. The molecular formula is C32H40N6O2S. The summed E-state index contributed by atoms with van der Waals surface area (Å²) in [4.78, 5) is 15.7. The smallest absolute Gasteiger partial charge is 0.230 e. The molecular weight excluding hydrogens is 532 g/mol. The number of thiophene rings is 1. The second-order valence-corrected chi connectivity index (χ2v) is 12.5. The minimum Gasteiger partial charge on any atom is -0.492 e. The molecule has 3 N–H and O–H groups in total. The van der Waals surface area contributed by atoms with Gasteiger partial charge in [0.1, 0.15) is 16.4 Å². The van der Waals surface area contributed by atoms with Crippen molar-refractivity contribution in [2.75, 3.05) is 48.3 Å². The normalized spacial score (nSPS) is 16.6. The van der Waals surface area contributed by atoms with Gasteiger partial charge in [-0.1, -0.05) is 12.1 Å². The number of nitrogens with one attached hydrogen (secondary N) is 2. The largest absolute Gasteiger partial charge is 0.492 e. The number of ether oxygens (including phenoxy) is 1. The van der Waals surface area contributed by atoms with E-state index in [4.69, 9.17) is 14.7 Å². The number of benzene rings is 2. The summed E-state index contributed by atoms with van der Waals surface area (Å²) in [5.41, 5.74) is 3.93. The Bertz CT molecular complexity index is 1520. The van der Waals surface area contributed by atoms with E-state index in [1.54, 1.807) is 25.2 Å². The number of anilines is 5. The zero-order valence-electron chi connectivity index (χ0n) is 24.4. The fourth-order valence-electron chi connectivity index (χ4n) is 5.78. The van der Waals surface area contributed by atoms with Gasteiger partial charge in [-0.05, 0) is 101 Å². The van der Waals surface area contributed by atoms with Gasteiger partial charge in [-0.15, -0.1) is 11.3 Å². The number of hydrogen-bond donors (Lipinski definition) is 3. The highest BCUT2D eigenvalue weighted by Gasteiger charge is 2.29. The van der Waals surface area contributed by atoms with Crippen LogP contribution in [0.1, 0.15) is 51.2 Å². The highest BCUT2D eigenvalue weighted by atomic mass is 32.1. The summed E-state index contributed by atoms with van der Waals surface area (Å²) in [5.74, 6) is 2.14. The summed E-state index contributed by atoms with van der Waals surface area (Å²) in [6, 6.07) is 14.9. The first-order chi connectivity index (χ1) is 19.8. The van der Waals surface area contributed by atoms with Crippen LogP contribution >= 0.6 is 11.3 Å². The van der Waals surface area contributed by atoms with Crippen LogP contribution in [0, 0.1) is 6.92 Å². The van der Waals surface area contributed by atoms with E-state index in [-0.39, 0.29) is 0 Å². The van der Waals surface area contributed by atoms with Gasteiger partial charge in [0.05, 0.1) is 23.3 Å². The van der Waals surface area contributed by atoms with E-state index in [1.165, 1.54) is 32.4 Å². The highest BCUT2D eigenvalue weighted by Crippen LogP contribution is 2.37. The SMILES string of the molecule is CCOc1cc(Nc2nc(Nc3cccc(C(C)(C)O)c3)c3c(C)csc3n2)ccc1N1CCC(N2CCC2)CC1. The molecule has 2 aliphatic rings. The third-order valence-corrected chi connectivity index (χ3v) is 9.17. The first-order valence-corrected chi connectivity index (χ1v) is 15.5. The minimum absolute atomic E-state index is 0.519. The van der Waals surface area contributed by atoms with Crippen LogP contribution < -0.4 is 20.3 Å². The van der Waals surface area contributed by atoms with Crippen LogP contribution in [-0.4, -0.2) is 58.8 Å². The molecule has 0 saturated carbocycles. The van der Waals surface area contributed by atoms with Gasteiger partial charge < -0.3 is 30.3 Å². The number of aromatic nitrogens is 2. The summed E-state index contributed by atoms with van der Waals surface area (Å²) in [6.45, 7) is 12.9.